The van der Waals surface area contributed by atoms with Gasteiger partial charge in [0, 0.05) is 38.1 Å². The number of amides is 1. The Balaban J connectivity index is 1.66. The van der Waals surface area contributed by atoms with Crippen molar-refractivity contribution in [3.63, 3.8) is 0 Å². The molecule has 0 spiro atoms. The maximum atomic E-state index is 12.5. The van der Waals surface area contributed by atoms with E-state index in [-0.39, 0.29) is 24.0 Å². The summed E-state index contributed by atoms with van der Waals surface area (Å²) < 4.78 is 6.70. The smallest absolute Gasteiger partial charge is 0.330 e. The van der Waals surface area contributed by atoms with E-state index >= 15 is 0 Å². The van der Waals surface area contributed by atoms with Crippen molar-refractivity contribution in [2.75, 3.05) is 60.7 Å². The highest BCUT2D eigenvalue weighted by atomic mass is 16.5. The van der Waals surface area contributed by atoms with E-state index in [4.69, 9.17) is 10.5 Å². The number of benzene rings is 1. The van der Waals surface area contributed by atoms with Gasteiger partial charge in [-0.2, -0.15) is 0 Å². The predicted octanol–water partition coefficient (Wildman–Crippen LogP) is 0.830. The number of aromatic amines is 1. The number of carbonyl (C=O) groups excluding carboxylic acids is 1. The molecule has 0 bridgehead atoms. The lowest BCUT2D eigenvalue weighted by Crippen LogP contribution is -2.39. The molecule has 31 heavy (non-hydrogen) atoms. The number of nitrogens with two attached hydrogens (primary N) is 1. The molecule has 10 nitrogen and oxygen atoms in total. The summed E-state index contributed by atoms with van der Waals surface area (Å²) >= 11 is 0. The highest BCUT2D eigenvalue weighted by Gasteiger charge is 2.18. The first-order valence-corrected chi connectivity index (χ1v) is 10.5. The third kappa shape index (κ3) is 5.46. The molecule has 2 heterocycles. The molecule has 0 aliphatic carbocycles. The molecule has 0 atom stereocenters. The number of unbranched alkanes of at least 4 members (excludes halogenated alkanes) is 1. The quantitative estimate of drug-likeness (QED) is 0.566. The van der Waals surface area contributed by atoms with E-state index < -0.39 is 11.2 Å². The van der Waals surface area contributed by atoms with Crippen LogP contribution in [0.15, 0.2) is 33.9 Å². The van der Waals surface area contributed by atoms with Crippen LogP contribution in [0, 0.1) is 0 Å². The van der Waals surface area contributed by atoms with Crippen molar-refractivity contribution in [3.05, 3.63) is 45.1 Å². The van der Waals surface area contributed by atoms with Crippen LogP contribution in [0.1, 0.15) is 19.8 Å². The lowest BCUT2D eigenvalue weighted by molar-refractivity contribution is -0.114. The molecule has 3 rings (SSSR count). The molecule has 168 valence electrons. The second-order valence-corrected chi connectivity index (χ2v) is 7.55. The Bertz CT molecular complexity index is 1010. The standard InChI is InChI=1S/C21H30N6O4/c1-3-4-9-27-19(22)18(20(29)24-21(27)30)25(2)14-17(28)23-15-5-7-16(8-6-15)26-10-12-31-13-11-26/h5-8H,3-4,9-14,22H2,1-2H3,(H,23,28)(H,24,29,30). The van der Waals surface area contributed by atoms with Crippen LogP contribution in [0.2, 0.25) is 0 Å². The van der Waals surface area contributed by atoms with Gasteiger partial charge in [-0.25, -0.2) is 4.79 Å². The van der Waals surface area contributed by atoms with Gasteiger partial charge >= 0.3 is 5.69 Å². The number of anilines is 4. The molecule has 0 radical (unpaired) electrons. The molecule has 4 N–H and O–H groups in total. The molecule has 0 unspecified atom stereocenters. The number of hydrogen-bond acceptors (Lipinski definition) is 7. The van der Waals surface area contributed by atoms with Crippen LogP contribution in [0.4, 0.5) is 22.9 Å². The molecular weight excluding hydrogens is 400 g/mol. The summed E-state index contributed by atoms with van der Waals surface area (Å²) in [5.74, 6) is -0.237. The van der Waals surface area contributed by atoms with Gasteiger partial charge in [-0.05, 0) is 30.7 Å². The summed E-state index contributed by atoms with van der Waals surface area (Å²) in [5, 5.41) is 2.83. The summed E-state index contributed by atoms with van der Waals surface area (Å²) in [5.41, 5.74) is 6.78. The number of hydrogen-bond donors (Lipinski definition) is 3. The number of ether oxygens (including phenoxy) is 1. The van der Waals surface area contributed by atoms with Gasteiger partial charge in [-0.1, -0.05) is 13.3 Å². The van der Waals surface area contributed by atoms with Crippen molar-refractivity contribution in [2.45, 2.75) is 26.3 Å². The fraction of sp³-hybridized carbons (Fsp3) is 0.476. The summed E-state index contributed by atoms with van der Waals surface area (Å²) in [4.78, 5) is 42.9. The molecule has 1 aliphatic heterocycles. The molecule has 1 saturated heterocycles. The van der Waals surface area contributed by atoms with Crippen LogP contribution in [0.3, 0.4) is 0 Å². The lowest BCUT2D eigenvalue weighted by Gasteiger charge is -2.29. The fourth-order valence-electron chi connectivity index (χ4n) is 3.56. The third-order valence-corrected chi connectivity index (χ3v) is 5.24. The summed E-state index contributed by atoms with van der Waals surface area (Å²) in [6.45, 7) is 5.40. The van der Waals surface area contributed by atoms with E-state index in [9.17, 15) is 14.4 Å². The normalized spacial score (nSPS) is 13.8. The largest absolute Gasteiger partial charge is 0.383 e. The maximum absolute atomic E-state index is 12.5. The fourth-order valence-corrected chi connectivity index (χ4v) is 3.56. The second-order valence-electron chi connectivity index (χ2n) is 7.55. The number of aromatic nitrogens is 2. The molecule has 1 aromatic heterocycles. The van der Waals surface area contributed by atoms with Crippen LogP contribution in [-0.2, 0) is 16.1 Å². The van der Waals surface area contributed by atoms with E-state index in [1.807, 2.05) is 31.2 Å². The van der Waals surface area contributed by atoms with Gasteiger partial charge in [0.05, 0.1) is 19.8 Å². The van der Waals surface area contributed by atoms with E-state index in [0.29, 0.717) is 25.4 Å². The number of rotatable bonds is 8. The summed E-state index contributed by atoms with van der Waals surface area (Å²) in [6, 6.07) is 7.59. The zero-order valence-electron chi connectivity index (χ0n) is 18.0. The lowest BCUT2D eigenvalue weighted by atomic mass is 10.2. The minimum atomic E-state index is -0.611. The number of likely N-dealkylation sites (N-methyl/N-ethyl adjacent to an activating group) is 1. The topological polar surface area (TPSA) is 126 Å². The van der Waals surface area contributed by atoms with Gasteiger partial charge in [0.1, 0.15) is 11.5 Å². The van der Waals surface area contributed by atoms with Gasteiger partial charge in [0.2, 0.25) is 5.91 Å². The summed E-state index contributed by atoms with van der Waals surface area (Å²) in [7, 11) is 1.59. The van der Waals surface area contributed by atoms with Crippen molar-refractivity contribution in [1.82, 2.24) is 9.55 Å². The van der Waals surface area contributed by atoms with E-state index in [1.165, 1.54) is 9.47 Å². The van der Waals surface area contributed by atoms with E-state index in [1.54, 1.807) is 7.05 Å². The monoisotopic (exact) mass is 430 g/mol. The number of morpholine rings is 1. The maximum Gasteiger partial charge on any atom is 0.330 e. The SMILES string of the molecule is CCCCn1c(N)c(N(C)CC(=O)Nc2ccc(N3CCOCC3)cc2)c(=O)[nH]c1=O. The van der Waals surface area contributed by atoms with Crippen molar-refractivity contribution in [1.29, 1.82) is 0 Å². The van der Waals surface area contributed by atoms with Crippen LogP contribution in [-0.4, -0.2) is 55.4 Å². The van der Waals surface area contributed by atoms with Gasteiger partial charge in [0.25, 0.3) is 5.56 Å². The average Bonchev–Trinajstić information content (AvgIpc) is 2.74. The van der Waals surface area contributed by atoms with Gasteiger partial charge in [0.15, 0.2) is 0 Å². The molecule has 1 fully saturated rings. The van der Waals surface area contributed by atoms with Crippen LogP contribution in [0.5, 0.6) is 0 Å². The minimum Gasteiger partial charge on any atom is -0.383 e. The van der Waals surface area contributed by atoms with Crippen LogP contribution >= 0.6 is 0 Å². The Morgan fingerprint density at radius 2 is 1.90 bits per heavy atom. The molecule has 10 heteroatoms. The van der Waals surface area contributed by atoms with E-state index in [2.05, 4.69) is 15.2 Å². The Kier molecular flexibility index (Phi) is 7.35. The zero-order valence-corrected chi connectivity index (χ0v) is 18.0. The molecule has 0 saturated carbocycles. The zero-order chi connectivity index (χ0) is 22.4. The first kappa shape index (κ1) is 22.4. The number of nitrogens with one attached hydrogen (secondary N) is 2. The third-order valence-electron chi connectivity index (χ3n) is 5.24. The molecular formula is C21H30N6O4. The first-order chi connectivity index (χ1) is 14.9. The number of nitrogen functional groups attached to an aromatic ring is 1. The van der Waals surface area contributed by atoms with Gasteiger partial charge in [-0.15, -0.1) is 0 Å². The molecule has 1 aliphatic rings. The molecule has 2 aromatic rings. The van der Waals surface area contributed by atoms with E-state index in [0.717, 1.165) is 31.6 Å². The highest BCUT2D eigenvalue weighted by Crippen LogP contribution is 2.19. The molecule has 1 amide bonds. The van der Waals surface area contributed by atoms with Gasteiger partial charge in [-0.3, -0.25) is 19.1 Å². The highest BCUT2D eigenvalue weighted by molar-refractivity contribution is 5.94. The van der Waals surface area contributed by atoms with Crippen molar-refractivity contribution in [2.24, 2.45) is 0 Å². The van der Waals surface area contributed by atoms with Gasteiger partial charge < -0.3 is 25.6 Å². The van der Waals surface area contributed by atoms with Crippen molar-refractivity contribution in [3.8, 4) is 0 Å². The molecule has 1 aromatic carbocycles. The predicted molar refractivity (Wildman–Crippen MR) is 122 cm³/mol. The number of H-pyrrole nitrogens is 1. The number of nitrogens with zero attached hydrogens (tertiary/aromatic N) is 3. The first-order valence-electron chi connectivity index (χ1n) is 10.5. The van der Waals surface area contributed by atoms with Crippen molar-refractivity contribution >= 4 is 28.8 Å². The van der Waals surface area contributed by atoms with Crippen LogP contribution in [0.25, 0.3) is 0 Å². The average molecular weight is 431 g/mol. The Morgan fingerprint density at radius 1 is 1.23 bits per heavy atom. The van der Waals surface area contributed by atoms with Crippen LogP contribution < -0.4 is 32.1 Å². The van der Waals surface area contributed by atoms with Crippen molar-refractivity contribution < 1.29 is 9.53 Å². The Morgan fingerprint density at radius 3 is 2.55 bits per heavy atom. The summed E-state index contributed by atoms with van der Waals surface area (Å²) in [6.07, 6.45) is 1.63. The Labute approximate surface area is 180 Å². The number of carbonyl (C=O) groups is 1. The second kappa shape index (κ2) is 10.2. The minimum absolute atomic E-state index is 0.0624. The Hall–Kier alpha value is -3.27.